The van der Waals surface area contributed by atoms with Gasteiger partial charge in [0, 0.05) is 13.0 Å². The molecular weight excluding hydrogens is 625 g/mol. The van der Waals surface area contributed by atoms with Crippen molar-refractivity contribution < 1.29 is 37.3 Å². The lowest BCUT2D eigenvalue weighted by molar-refractivity contribution is -0.870. The Labute approximate surface area is 295 Å². The van der Waals surface area contributed by atoms with Crippen LogP contribution in [0, 0.1) is 0 Å². The summed E-state index contributed by atoms with van der Waals surface area (Å²) in [5.74, 6) is -0.348. The van der Waals surface area contributed by atoms with Crippen molar-refractivity contribution in [2.24, 2.45) is 0 Å². The van der Waals surface area contributed by atoms with E-state index in [4.69, 9.17) is 18.5 Å². The van der Waals surface area contributed by atoms with Crippen LogP contribution in [0.1, 0.15) is 136 Å². The van der Waals surface area contributed by atoms with E-state index < -0.39 is 13.9 Å². The van der Waals surface area contributed by atoms with E-state index >= 15 is 0 Å². The summed E-state index contributed by atoms with van der Waals surface area (Å²) in [6, 6.07) is 0. The van der Waals surface area contributed by atoms with Gasteiger partial charge >= 0.3 is 13.8 Å². The van der Waals surface area contributed by atoms with Crippen molar-refractivity contribution in [1.82, 2.24) is 0 Å². The van der Waals surface area contributed by atoms with Crippen LogP contribution >= 0.6 is 7.82 Å². The molecule has 0 aromatic carbocycles. The zero-order chi connectivity index (χ0) is 35.6. The second-order valence-corrected chi connectivity index (χ2v) is 15.0. The predicted molar refractivity (Wildman–Crippen MR) is 201 cm³/mol. The number of carbonyl (C=O) groups excluding carboxylic acids is 1. The molecule has 0 amide bonds. The third kappa shape index (κ3) is 35.8. The fourth-order valence-corrected chi connectivity index (χ4v) is 5.42. The van der Waals surface area contributed by atoms with Crippen molar-refractivity contribution in [1.29, 1.82) is 0 Å². The van der Waals surface area contributed by atoms with Crippen LogP contribution in [0.25, 0.3) is 0 Å². The predicted octanol–water partition coefficient (Wildman–Crippen LogP) is 10.4. The van der Waals surface area contributed by atoms with E-state index in [0.29, 0.717) is 24.1 Å². The third-order valence-corrected chi connectivity index (χ3v) is 8.61. The number of carbonyl (C=O) groups is 1. The Morgan fingerprint density at radius 3 is 1.83 bits per heavy atom. The Hall–Kier alpha value is -1.54. The molecule has 0 rings (SSSR count). The summed E-state index contributed by atoms with van der Waals surface area (Å²) in [5.41, 5.74) is 0. The topological polar surface area (TPSA) is 91.3 Å². The minimum absolute atomic E-state index is 0.0799. The van der Waals surface area contributed by atoms with Gasteiger partial charge in [0.15, 0.2) is 0 Å². The number of rotatable bonds is 34. The second kappa shape index (κ2) is 32.7. The van der Waals surface area contributed by atoms with Gasteiger partial charge in [-0.2, -0.15) is 0 Å². The number of allylic oxidation sites excluding steroid dienone is 8. The summed E-state index contributed by atoms with van der Waals surface area (Å²) in [4.78, 5) is 22.7. The molecule has 0 radical (unpaired) electrons. The van der Waals surface area contributed by atoms with Gasteiger partial charge in [0.25, 0.3) is 0 Å². The first-order valence-corrected chi connectivity index (χ1v) is 20.4. The zero-order valence-electron chi connectivity index (χ0n) is 31.5. The highest BCUT2D eigenvalue weighted by Gasteiger charge is 2.26. The number of esters is 1. The normalized spacial score (nSPS) is 14.5. The maximum Gasteiger partial charge on any atom is 0.472 e. The molecule has 8 nitrogen and oxygen atoms in total. The third-order valence-electron chi connectivity index (χ3n) is 7.62. The Morgan fingerprint density at radius 1 is 0.667 bits per heavy atom. The highest BCUT2D eigenvalue weighted by molar-refractivity contribution is 7.47. The monoisotopic (exact) mass is 699 g/mol. The number of hydrogen-bond donors (Lipinski definition) is 1. The molecule has 0 heterocycles. The standard InChI is InChI=1S/C39H72NO7P/c1-6-8-10-12-14-16-18-20-22-24-26-28-30-32-39(41)47-38(37-46-48(42,43)45-35-33-40(3,4)5)36-44-34-31-29-27-25-23-21-19-17-15-13-11-9-7-2/h8,10,14-17,20,22,38H,6-7,9,11-13,18-19,21,23-37H2,1-5H3/p+1/b10-8-,16-14-,17-15-,22-20-. The summed E-state index contributed by atoms with van der Waals surface area (Å²) in [7, 11) is 1.63. The molecule has 0 bridgehead atoms. The molecule has 0 aliphatic rings. The van der Waals surface area contributed by atoms with Gasteiger partial charge in [0.05, 0.1) is 34.4 Å². The van der Waals surface area contributed by atoms with E-state index in [1.165, 1.54) is 57.8 Å². The molecule has 0 aromatic rings. The Balaban J connectivity index is 4.38. The van der Waals surface area contributed by atoms with Crippen LogP contribution in [-0.4, -0.2) is 75.6 Å². The molecule has 280 valence electrons. The van der Waals surface area contributed by atoms with Crippen LogP contribution in [0.3, 0.4) is 0 Å². The molecule has 0 aliphatic carbocycles. The van der Waals surface area contributed by atoms with Crippen LogP contribution in [0.2, 0.25) is 0 Å². The molecule has 2 atom stereocenters. The van der Waals surface area contributed by atoms with Crippen LogP contribution in [0.15, 0.2) is 48.6 Å². The molecule has 0 aliphatic heterocycles. The number of phosphoric acid groups is 1. The molecule has 9 heteroatoms. The summed E-state index contributed by atoms with van der Waals surface area (Å²) >= 11 is 0. The van der Waals surface area contributed by atoms with E-state index in [9.17, 15) is 14.3 Å². The van der Waals surface area contributed by atoms with Crippen molar-refractivity contribution in [3.05, 3.63) is 48.6 Å². The lowest BCUT2D eigenvalue weighted by atomic mass is 10.1. The quantitative estimate of drug-likeness (QED) is 0.0235. The molecule has 2 unspecified atom stereocenters. The van der Waals surface area contributed by atoms with Gasteiger partial charge in [0.2, 0.25) is 0 Å². The zero-order valence-corrected chi connectivity index (χ0v) is 32.4. The maximum atomic E-state index is 12.6. The summed E-state index contributed by atoms with van der Waals surface area (Å²) in [5, 5.41) is 0. The first kappa shape index (κ1) is 46.5. The van der Waals surface area contributed by atoms with E-state index in [2.05, 4.69) is 62.5 Å². The lowest BCUT2D eigenvalue weighted by Gasteiger charge is -2.24. The number of likely N-dealkylation sites (N-methyl/N-ethyl adjacent to an activating group) is 1. The summed E-state index contributed by atoms with van der Waals surface area (Å²) < 4.78 is 34.8. The number of ether oxygens (including phenoxy) is 2. The van der Waals surface area contributed by atoms with Crippen molar-refractivity contribution in [2.45, 2.75) is 142 Å². The van der Waals surface area contributed by atoms with Crippen molar-refractivity contribution in [3.63, 3.8) is 0 Å². The number of phosphoric ester groups is 1. The van der Waals surface area contributed by atoms with Crippen molar-refractivity contribution in [2.75, 3.05) is 54.1 Å². The average molecular weight is 699 g/mol. The molecule has 0 saturated carbocycles. The molecule has 1 N–H and O–H groups in total. The van der Waals surface area contributed by atoms with Crippen LogP contribution in [0.4, 0.5) is 0 Å². The molecule has 0 spiro atoms. The Morgan fingerprint density at radius 2 is 1.21 bits per heavy atom. The van der Waals surface area contributed by atoms with Crippen LogP contribution in [-0.2, 0) is 27.9 Å². The minimum Gasteiger partial charge on any atom is -0.457 e. The minimum atomic E-state index is -4.28. The number of quaternary nitrogens is 1. The van der Waals surface area contributed by atoms with Gasteiger partial charge in [-0.15, -0.1) is 0 Å². The SMILES string of the molecule is CC/C=C\C/C=C\C/C=C\CCCCCC(=O)OC(COCCCCCCCC/C=C\CCCCC)COP(=O)(O)OCC[N+](C)(C)C. The fourth-order valence-electron chi connectivity index (χ4n) is 4.68. The van der Waals surface area contributed by atoms with E-state index in [1.54, 1.807) is 0 Å². The van der Waals surface area contributed by atoms with Gasteiger partial charge in [-0.1, -0.05) is 107 Å². The highest BCUT2D eigenvalue weighted by atomic mass is 31.2. The number of unbranched alkanes of at least 4 members (excludes halogenated alkanes) is 12. The second-order valence-electron chi connectivity index (χ2n) is 13.6. The van der Waals surface area contributed by atoms with E-state index in [1.807, 2.05) is 21.1 Å². The Bertz CT molecular complexity index is 911. The maximum absolute atomic E-state index is 12.6. The summed E-state index contributed by atoms with van der Waals surface area (Å²) in [6.07, 6.45) is 37.1. The van der Waals surface area contributed by atoms with Gasteiger partial charge < -0.3 is 18.9 Å². The molecule has 0 saturated heterocycles. The van der Waals surface area contributed by atoms with Crippen molar-refractivity contribution in [3.8, 4) is 0 Å². The van der Waals surface area contributed by atoms with E-state index in [-0.39, 0.29) is 25.8 Å². The van der Waals surface area contributed by atoms with E-state index in [0.717, 1.165) is 57.8 Å². The molecule has 0 aromatic heterocycles. The highest BCUT2D eigenvalue weighted by Crippen LogP contribution is 2.43. The largest absolute Gasteiger partial charge is 0.472 e. The molecule has 48 heavy (non-hydrogen) atoms. The molecule has 0 fully saturated rings. The first-order chi connectivity index (χ1) is 23.1. The fraction of sp³-hybridized carbons (Fsp3) is 0.769. The van der Waals surface area contributed by atoms with Crippen LogP contribution in [0.5, 0.6) is 0 Å². The number of hydrogen-bond acceptors (Lipinski definition) is 6. The van der Waals surface area contributed by atoms with Gasteiger partial charge in [-0.3, -0.25) is 13.8 Å². The van der Waals surface area contributed by atoms with Gasteiger partial charge in [-0.25, -0.2) is 4.57 Å². The Kier molecular flexibility index (Phi) is 31.6. The van der Waals surface area contributed by atoms with Crippen LogP contribution < -0.4 is 0 Å². The summed E-state index contributed by atoms with van der Waals surface area (Å²) in [6.45, 7) is 5.41. The van der Waals surface area contributed by atoms with Gasteiger partial charge in [0.1, 0.15) is 19.3 Å². The van der Waals surface area contributed by atoms with Gasteiger partial charge in [-0.05, 0) is 70.6 Å². The number of nitrogens with zero attached hydrogens (tertiary/aromatic N) is 1. The lowest BCUT2D eigenvalue weighted by Crippen LogP contribution is -2.37. The molecular formula is C39H73NO7P+. The first-order valence-electron chi connectivity index (χ1n) is 18.9. The smallest absolute Gasteiger partial charge is 0.457 e. The van der Waals surface area contributed by atoms with Crippen molar-refractivity contribution >= 4 is 13.8 Å². The average Bonchev–Trinajstić information content (AvgIpc) is 3.03.